The van der Waals surface area contributed by atoms with Gasteiger partial charge in [0.05, 0.1) is 7.11 Å². The molecule has 1 aliphatic heterocycles. The number of fused-ring (bicyclic) bond motifs is 3. The molecule has 2 unspecified atom stereocenters. The summed E-state index contributed by atoms with van der Waals surface area (Å²) in [6, 6.07) is 3.45. The summed E-state index contributed by atoms with van der Waals surface area (Å²) in [6.07, 6.45) is 0.847. The third-order valence-electron chi connectivity index (χ3n) is 3.43. The second-order valence-electron chi connectivity index (χ2n) is 4.38. The molecule has 1 aromatic carbocycles. The van der Waals surface area contributed by atoms with E-state index in [2.05, 4.69) is 0 Å². The predicted octanol–water partition coefficient (Wildman–Crippen LogP) is 1.12. The first-order chi connectivity index (χ1) is 8.13. The van der Waals surface area contributed by atoms with Crippen LogP contribution < -0.4 is 9.39 Å². The van der Waals surface area contributed by atoms with Gasteiger partial charge in [0.1, 0.15) is 17.1 Å². The molecule has 0 bridgehead atoms. The molecule has 5 nitrogen and oxygen atoms in total. The van der Waals surface area contributed by atoms with E-state index in [1.165, 1.54) is 7.11 Å². The SMILES string of the molecule is COc1ccc2c(c1C(=O)O)OB(O)C1CC21. The second kappa shape index (κ2) is 3.40. The number of methoxy groups -OCH3 is 1. The standard InChI is InChI=1S/C11H11BO5/c1-16-8-3-2-5-6-4-7(6)12(15)17-10(5)9(8)11(13)14/h2-3,6-7,15H,4H2,1H3,(H,13,14). The number of hydrogen-bond acceptors (Lipinski definition) is 4. The smallest absolute Gasteiger partial charge is 0.526 e. The van der Waals surface area contributed by atoms with Gasteiger partial charge in [-0.3, -0.25) is 0 Å². The van der Waals surface area contributed by atoms with Gasteiger partial charge in [-0.25, -0.2) is 4.79 Å². The summed E-state index contributed by atoms with van der Waals surface area (Å²) in [5.41, 5.74) is 0.855. The maximum Gasteiger partial charge on any atom is 0.526 e. The number of benzene rings is 1. The third kappa shape index (κ3) is 1.40. The molecular formula is C11H11BO5. The number of carboxylic acid groups (broad SMARTS) is 1. The van der Waals surface area contributed by atoms with Crippen LogP contribution in [0.15, 0.2) is 12.1 Å². The summed E-state index contributed by atoms with van der Waals surface area (Å²) >= 11 is 0. The molecule has 0 spiro atoms. The van der Waals surface area contributed by atoms with E-state index < -0.39 is 13.1 Å². The summed E-state index contributed by atoms with van der Waals surface area (Å²) in [4.78, 5) is 11.2. The molecule has 3 rings (SSSR count). The fourth-order valence-corrected chi connectivity index (χ4v) is 2.47. The molecule has 2 N–H and O–H groups in total. The maximum absolute atomic E-state index is 11.2. The van der Waals surface area contributed by atoms with Crippen molar-refractivity contribution >= 4 is 13.1 Å². The van der Waals surface area contributed by atoms with Gasteiger partial charge in [-0.2, -0.15) is 0 Å². The quantitative estimate of drug-likeness (QED) is 0.750. The molecule has 17 heavy (non-hydrogen) atoms. The van der Waals surface area contributed by atoms with Crippen LogP contribution in [-0.2, 0) is 0 Å². The van der Waals surface area contributed by atoms with Crippen LogP contribution >= 0.6 is 0 Å². The lowest BCUT2D eigenvalue weighted by Gasteiger charge is -2.22. The van der Waals surface area contributed by atoms with Crippen LogP contribution in [-0.4, -0.2) is 30.3 Å². The second-order valence-corrected chi connectivity index (χ2v) is 4.38. The normalized spacial score (nSPS) is 24.5. The van der Waals surface area contributed by atoms with Crippen molar-refractivity contribution in [3.63, 3.8) is 0 Å². The Morgan fingerprint density at radius 1 is 1.59 bits per heavy atom. The molecule has 1 saturated carbocycles. The Morgan fingerprint density at radius 3 is 3.00 bits per heavy atom. The highest BCUT2D eigenvalue weighted by molar-refractivity contribution is 6.48. The van der Waals surface area contributed by atoms with Crippen molar-refractivity contribution in [2.24, 2.45) is 0 Å². The van der Waals surface area contributed by atoms with E-state index in [9.17, 15) is 14.9 Å². The highest BCUT2D eigenvalue weighted by Gasteiger charge is 2.54. The van der Waals surface area contributed by atoms with Crippen molar-refractivity contribution < 1.29 is 24.3 Å². The molecular weight excluding hydrogens is 223 g/mol. The van der Waals surface area contributed by atoms with Crippen molar-refractivity contribution in [2.75, 3.05) is 7.11 Å². The highest BCUT2D eigenvalue weighted by atomic mass is 16.5. The Kier molecular flexibility index (Phi) is 2.09. The van der Waals surface area contributed by atoms with Crippen LogP contribution in [0.4, 0.5) is 0 Å². The van der Waals surface area contributed by atoms with Gasteiger partial charge in [0.15, 0.2) is 0 Å². The summed E-state index contributed by atoms with van der Waals surface area (Å²) in [6.45, 7) is 0. The highest BCUT2D eigenvalue weighted by Crippen LogP contribution is 2.60. The van der Waals surface area contributed by atoms with Gasteiger partial charge >= 0.3 is 13.1 Å². The fourth-order valence-electron chi connectivity index (χ4n) is 2.47. The van der Waals surface area contributed by atoms with E-state index in [4.69, 9.17) is 9.39 Å². The van der Waals surface area contributed by atoms with E-state index in [0.29, 0.717) is 0 Å². The van der Waals surface area contributed by atoms with Crippen molar-refractivity contribution in [3.8, 4) is 11.5 Å². The fraction of sp³-hybridized carbons (Fsp3) is 0.364. The Hall–Kier alpha value is -1.69. The van der Waals surface area contributed by atoms with Crippen LogP contribution in [0.25, 0.3) is 0 Å². The van der Waals surface area contributed by atoms with E-state index in [-0.39, 0.29) is 28.8 Å². The summed E-state index contributed by atoms with van der Waals surface area (Å²) in [5, 5.41) is 18.9. The number of carbonyl (C=O) groups is 1. The van der Waals surface area contributed by atoms with Crippen LogP contribution in [0.5, 0.6) is 11.5 Å². The summed E-state index contributed by atoms with van der Waals surface area (Å²) in [5.74, 6) is -0.272. The number of ether oxygens (including phenoxy) is 1. The zero-order valence-electron chi connectivity index (χ0n) is 9.21. The minimum Gasteiger partial charge on any atom is -0.535 e. The Bertz CT molecular complexity index is 501. The minimum atomic E-state index is -1.11. The number of hydrogen-bond donors (Lipinski definition) is 2. The summed E-state index contributed by atoms with van der Waals surface area (Å²) in [7, 11) is 0.505. The molecule has 6 heteroatoms. The first kappa shape index (κ1) is 10.5. The van der Waals surface area contributed by atoms with Crippen LogP contribution in [0.2, 0.25) is 5.82 Å². The number of carboxylic acids is 1. The van der Waals surface area contributed by atoms with Gasteiger partial charge in [-0.1, -0.05) is 6.07 Å². The lowest BCUT2D eigenvalue weighted by Crippen LogP contribution is -2.27. The number of aromatic carboxylic acids is 1. The van der Waals surface area contributed by atoms with Gasteiger partial charge in [-0.05, 0) is 24.0 Å². The molecule has 2 atom stereocenters. The lowest BCUT2D eigenvalue weighted by molar-refractivity contribution is 0.0690. The van der Waals surface area contributed by atoms with Gasteiger partial charge in [-0.15, -0.1) is 0 Å². The third-order valence-corrected chi connectivity index (χ3v) is 3.43. The first-order valence-electron chi connectivity index (χ1n) is 5.42. The van der Waals surface area contributed by atoms with Crippen LogP contribution in [0, 0.1) is 0 Å². The van der Waals surface area contributed by atoms with E-state index in [1.807, 2.05) is 6.07 Å². The average Bonchev–Trinajstić information content (AvgIpc) is 3.08. The van der Waals surface area contributed by atoms with Crippen LogP contribution in [0.1, 0.15) is 28.3 Å². The molecule has 1 fully saturated rings. The van der Waals surface area contributed by atoms with E-state index >= 15 is 0 Å². The topological polar surface area (TPSA) is 76.0 Å². The van der Waals surface area contributed by atoms with Crippen LogP contribution in [0.3, 0.4) is 0 Å². The van der Waals surface area contributed by atoms with Gasteiger partial charge in [0, 0.05) is 5.82 Å². The minimum absolute atomic E-state index is 0.00519. The molecule has 2 aliphatic rings. The van der Waals surface area contributed by atoms with E-state index in [1.54, 1.807) is 6.07 Å². The van der Waals surface area contributed by atoms with Gasteiger partial charge in [0.25, 0.3) is 0 Å². The van der Waals surface area contributed by atoms with E-state index in [0.717, 1.165) is 12.0 Å². The molecule has 88 valence electrons. The molecule has 0 amide bonds. The van der Waals surface area contributed by atoms with Gasteiger partial charge in [0.2, 0.25) is 0 Å². The Labute approximate surface area is 98.1 Å². The van der Waals surface area contributed by atoms with Crippen molar-refractivity contribution in [1.29, 1.82) is 0 Å². The van der Waals surface area contributed by atoms with Gasteiger partial charge < -0.3 is 19.5 Å². The first-order valence-corrected chi connectivity index (χ1v) is 5.42. The Balaban J connectivity index is 2.18. The molecule has 1 aliphatic carbocycles. The van der Waals surface area contributed by atoms with Crippen molar-refractivity contribution in [3.05, 3.63) is 23.3 Å². The monoisotopic (exact) mass is 234 g/mol. The lowest BCUT2D eigenvalue weighted by atomic mass is 9.77. The largest absolute Gasteiger partial charge is 0.535 e. The Morgan fingerprint density at radius 2 is 2.35 bits per heavy atom. The molecule has 0 saturated heterocycles. The molecule has 1 aromatic rings. The number of rotatable bonds is 2. The molecule has 0 radical (unpaired) electrons. The maximum atomic E-state index is 11.2. The van der Waals surface area contributed by atoms with Crippen molar-refractivity contribution in [2.45, 2.75) is 18.2 Å². The molecule has 1 heterocycles. The zero-order valence-corrected chi connectivity index (χ0v) is 9.21. The van der Waals surface area contributed by atoms with Crippen molar-refractivity contribution in [1.82, 2.24) is 0 Å². The molecule has 0 aromatic heterocycles. The predicted molar refractivity (Wildman–Crippen MR) is 59.7 cm³/mol. The average molecular weight is 234 g/mol. The zero-order chi connectivity index (χ0) is 12.2. The summed E-state index contributed by atoms with van der Waals surface area (Å²) < 4.78 is 10.3.